The molecular weight excluding hydrogens is 186 g/mol. The van der Waals surface area contributed by atoms with Crippen LogP contribution in [0.1, 0.15) is 19.8 Å². The fourth-order valence-corrected chi connectivity index (χ4v) is 1.63. The van der Waals surface area contributed by atoms with E-state index in [0.29, 0.717) is 6.42 Å². The van der Waals surface area contributed by atoms with Gasteiger partial charge in [-0.25, -0.2) is 13.1 Å². The maximum Gasteiger partial charge on any atom is 0.211 e. The highest BCUT2D eigenvalue weighted by Crippen LogP contribution is 2.07. The molecule has 0 spiro atoms. The van der Waals surface area contributed by atoms with E-state index in [2.05, 4.69) is 4.72 Å². The molecule has 0 radical (unpaired) electrons. The Morgan fingerprint density at radius 2 is 2.09 bits per heavy atom. The van der Waals surface area contributed by atoms with E-state index in [1.54, 1.807) is 0 Å². The molecule has 1 N–H and O–H groups in total. The molecule has 0 saturated heterocycles. The molecule has 0 fully saturated rings. The molecule has 0 heterocycles. The van der Waals surface area contributed by atoms with Crippen molar-refractivity contribution in [2.75, 3.05) is 12.8 Å². The van der Waals surface area contributed by atoms with Crippen LogP contribution in [0.15, 0.2) is 0 Å². The molecule has 0 aliphatic carbocycles. The van der Waals surface area contributed by atoms with Gasteiger partial charge in [0.05, 0.1) is 5.75 Å². The lowest BCUT2D eigenvalue weighted by molar-refractivity contribution is 0.583. The summed E-state index contributed by atoms with van der Waals surface area (Å²) in [5, 5.41) is -0.0295. The van der Waals surface area contributed by atoms with E-state index >= 15 is 0 Å². The largest absolute Gasteiger partial charge is 0.218 e. The Labute approximate surface area is 73.2 Å². The minimum absolute atomic E-state index is 0.0295. The Hall–Kier alpha value is 0.200. The van der Waals surface area contributed by atoms with E-state index in [9.17, 15) is 8.42 Å². The lowest BCUT2D eigenvalue weighted by Gasteiger charge is -2.05. The summed E-state index contributed by atoms with van der Waals surface area (Å²) in [6.45, 7) is 1.93. The fourth-order valence-electron chi connectivity index (χ4n) is 0.589. The number of hydrogen-bond acceptors (Lipinski definition) is 2. The molecule has 0 aliphatic heterocycles. The highest BCUT2D eigenvalue weighted by atomic mass is 35.5. The van der Waals surface area contributed by atoms with Crippen LogP contribution >= 0.6 is 11.6 Å². The second-order valence-corrected chi connectivity index (χ2v) is 4.98. The van der Waals surface area contributed by atoms with Gasteiger partial charge in [-0.15, -0.1) is 11.6 Å². The zero-order valence-electron chi connectivity index (χ0n) is 6.80. The maximum absolute atomic E-state index is 10.8. The molecule has 1 atom stereocenters. The minimum atomic E-state index is -3.06. The van der Waals surface area contributed by atoms with Crippen molar-refractivity contribution >= 4 is 21.6 Å². The first kappa shape index (κ1) is 11.2. The lowest BCUT2D eigenvalue weighted by Crippen LogP contribution is -2.23. The van der Waals surface area contributed by atoms with Crippen LogP contribution in [0.3, 0.4) is 0 Å². The van der Waals surface area contributed by atoms with Gasteiger partial charge in [-0.2, -0.15) is 0 Å². The van der Waals surface area contributed by atoms with Gasteiger partial charge in [-0.1, -0.05) is 6.92 Å². The number of rotatable bonds is 5. The van der Waals surface area contributed by atoms with E-state index in [4.69, 9.17) is 11.6 Å². The topological polar surface area (TPSA) is 46.2 Å². The van der Waals surface area contributed by atoms with Gasteiger partial charge < -0.3 is 0 Å². The van der Waals surface area contributed by atoms with Gasteiger partial charge in [0.15, 0.2) is 0 Å². The SMILES string of the molecule is CCC(Cl)CCS(=O)(=O)NC. The molecule has 0 aliphatic rings. The normalized spacial score (nSPS) is 14.8. The molecule has 68 valence electrons. The molecule has 3 nitrogen and oxygen atoms in total. The second-order valence-electron chi connectivity index (χ2n) is 2.32. The van der Waals surface area contributed by atoms with Crippen molar-refractivity contribution in [3.8, 4) is 0 Å². The molecular formula is C6H14ClNO2S. The Kier molecular flexibility index (Phi) is 5.04. The highest BCUT2D eigenvalue weighted by Gasteiger charge is 2.09. The summed E-state index contributed by atoms with van der Waals surface area (Å²) in [7, 11) is -1.65. The first-order valence-electron chi connectivity index (χ1n) is 3.57. The average Bonchev–Trinajstić information content (AvgIpc) is 2.00. The van der Waals surface area contributed by atoms with Gasteiger partial charge >= 0.3 is 0 Å². The van der Waals surface area contributed by atoms with E-state index < -0.39 is 10.0 Å². The minimum Gasteiger partial charge on any atom is -0.218 e. The smallest absolute Gasteiger partial charge is 0.211 e. The Balaban J connectivity index is 3.71. The Bertz CT molecular complexity index is 191. The average molecular weight is 200 g/mol. The summed E-state index contributed by atoms with van der Waals surface area (Å²) >= 11 is 5.74. The van der Waals surface area contributed by atoms with Crippen molar-refractivity contribution < 1.29 is 8.42 Å². The summed E-state index contributed by atoms with van der Waals surface area (Å²) in [5.41, 5.74) is 0. The fraction of sp³-hybridized carbons (Fsp3) is 1.00. The van der Waals surface area contributed by atoms with Crippen molar-refractivity contribution in [2.45, 2.75) is 25.1 Å². The summed E-state index contributed by atoms with van der Waals surface area (Å²) in [6.07, 6.45) is 1.32. The molecule has 0 bridgehead atoms. The number of alkyl halides is 1. The van der Waals surface area contributed by atoms with Crippen LogP contribution in [0.2, 0.25) is 0 Å². The van der Waals surface area contributed by atoms with Gasteiger partial charge in [0.25, 0.3) is 0 Å². The molecule has 0 aromatic carbocycles. The first-order valence-corrected chi connectivity index (χ1v) is 5.66. The van der Waals surface area contributed by atoms with Crippen molar-refractivity contribution in [3.05, 3.63) is 0 Å². The van der Waals surface area contributed by atoms with Gasteiger partial charge in [-0.3, -0.25) is 0 Å². The molecule has 0 aromatic heterocycles. The van der Waals surface area contributed by atoms with Crippen LogP contribution in [0.4, 0.5) is 0 Å². The second kappa shape index (κ2) is 4.95. The maximum atomic E-state index is 10.8. The third-order valence-corrected chi connectivity index (χ3v) is 3.38. The molecule has 0 amide bonds. The predicted molar refractivity (Wildman–Crippen MR) is 47.4 cm³/mol. The lowest BCUT2D eigenvalue weighted by atomic mass is 10.3. The molecule has 0 aromatic rings. The van der Waals surface area contributed by atoms with Crippen LogP contribution in [0, 0.1) is 0 Å². The van der Waals surface area contributed by atoms with E-state index in [-0.39, 0.29) is 11.1 Å². The standard InChI is InChI=1S/C6H14ClNO2S/c1-3-6(7)4-5-11(9,10)8-2/h6,8H,3-5H2,1-2H3. The Morgan fingerprint density at radius 1 is 1.55 bits per heavy atom. The highest BCUT2D eigenvalue weighted by molar-refractivity contribution is 7.89. The number of nitrogens with one attached hydrogen (secondary N) is 1. The third kappa shape index (κ3) is 5.47. The zero-order valence-corrected chi connectivity index (χ0v) is 8.37. The van der Waals surface area contributed by atoms with E-state index in [1.807, 2.05) is 6.92 Å². The van der Waals surface area contributed by atoms with Crippen LogP contribution in [-0.4, -0.2) is 26.6 Å². The summed E-state index contributed by atoms with van der Waals surface area (Å²) in [5.74, 6) is 0.117. The molecule has 1 unspecified atom stereocenters. The third-order valence-electron chi connectivity index (χ3n) is 1.45. The Morgan fingerprint density at radius 3 is 2.45 bits per heavy atom. The molecule has 5 heteroatoms. The monoisotopic (exact) mass is 199 g/mol. The zero-order chi connectivity index (χ0) is 8.91. The van der Waals surface area contributed by atoms with Gasteiger partial charge in [0, 0.05) is 5.38 Å². The quantitative estimate of drug-likeness (QED) is 0.670. The van der Waals surface area contributed by atoms with E-state index in [1.165, 1.54) is 7.05 Å². The van der Waals surface area contributed by atoms with Crippen molar-refractivity contribution in [2.24, 2.45) is 0 Å². The molecule has 0 saturated carbocycles. The van der Waals surface area contributed by atoms with Crippen LogP contribution in [0.25, 0.3) is 0 Å². The predicted octanol–water partition coefficient (Wildman–Crippen LogP) is 0.943. The van der Waals surface area contributed by atoms with Crippen LogP contribution in [-0.2, 0) is 10.0 Å². The van der Waals surface area contributed by atoms with Gasteiger partial charge in [0.1, 0.15) is 0 Å². The van der Waals surface area contributed by atoms with Crippen molar-refractivity contribution in [3.63, 3.8) is 0 Å². The van der Waals surface area contributed by atoms with E-state index in [0.717, 1.165) is 6.42 Å². The number of sulfonamides is 1. The van der Waals surface area contributed by atoms with Gasteiger partial charge in [-0.05, 0) is 19.9 Å². The first-order chi connectivity index (χ1) is 5.02. The summed E-state index contributed by atoms with van der Waals surface area (Å²) in [4.78, 5) is 0. The number of halogens is 1. The summed E-state index contributed by atoms with van der Waals surface area (Å²) < 4.78 is 23.9. The van der Waals surface area contributed by atoms with Crippen molar-refractivity contribution in [1.29, 1.82) is 0 Å². The number of hydrogen-bond donors (Lipinski definition) is 1. The van der Waals surface area contributed by atoms with Gasteiger partial charge in [0.2, 0.25) is 10.0 Å². The molecule has 0 rings (SSSR count). The van der Waals surface area contributed by atoms with Crippen LogP contribution < -0.4 is 4.72 Å². The summed E-state index contributed by atoms with van der Waals surface area (Å²) in [6, 6.07) is 0. The van der Waals surface area contributed by atoms with Crippen molar-refractivity contribution in [1.82, 2.24) is 4.72 Å². The molecule has 11 heavy (non-hydrogen) atoms. The van der Waals surface area contributed by atoms with Crippen LogP contribution in [0.5, 0.6) is 0 Å².